The number of halogens is 1. The van der Waals surface area contributed by atoms with Gasteiger partial charge in [0.2, 0.25) is 10.0 Å². The van der Waals surface area contributed by atoms with Crippen molar-refractivity contribution in [1.82, 2.24) is 4.72 Å². The molecule has 0 spiro atoms. The summed E-state index contributed by atoms with van der Waals surface area (Å²) in [6.45, 7) is 0.225. The van der Waals surface area contributed by atoms with Gasteiger partial charge >= 0.3 is 0 Å². The lowest BCUT2D eigenvalue weighted by Gasteiger charge is -2.09. The van der Waals surface area contributed by atoms with Crippen LogP contribution >= 0.6 is 12.4 Å². The molecule has 4 N–H and O–H groups in total. The largest absolute Gasteiger partial charge is 0.329 e. The second-order valence-corrected chi connectivity index (χ2v) is 8.52. The standard InChI is InChI=1S/C14H16N4O6S2.ClH/c15-9-10-16-25(21,22)13-5-1-11(2-6-13)17-26(23,24)14-7-3-12(4-8-14)18(19)20;/h1-8,16-17H,9-10,15H2;1H. The van der Waals surface area contributed by atoms with Crippen LogP contribution in [0.2, 0.25) is 0 Å². The second-order valence-electron chi connectivity index (χ2n) is 5.07. The summed E-state index contributed by atoms with van der Waals surface area (Å²) in [6, 6.07) is 9.44. The lowest BCUT2D eigenvalue weighted by Crippen LogP contribution is -2.29. The Kier molecular flexibility index (Phi) is 7.68. The molecule has 2 aromatic rings. The molecule has 0 amide bonds. The van der Waals surface area contributed by atoms with Crippen LogP contribution in [0.5, 0.6) is 0 Å². The van der Waals surface area contributed by atoms with E-state index in [2.05, 4.69) is 9.44 Å². The van der Waals surface area contributed by atoms with E-state index in [0.717, 1.165) is 24.3 Å². The first-order chi connectivity index (χ1) is 12.2. The third kappa shape index (κ3) is 5.87. The highest BCUT2D eigenvalue weighted by Gasteiger charge is 2.17. The van der Waals surface area contributed by atoms with Crippen molar-refractivity contribution in [2.45, 2.75) is 9.79 Å². The highest BCUT2D eigenvalue weighted by molar-refractivity contribution is 7.92. The molecule has 0 saturated heterocycles. The Balaban J connectivity index is 0.00000364. The normalized spacial score (nSPS) is 11.4. The summed E-state index contributed by atoms with van der Waals surface area (Å²) in [5.74, 6) is 0. The van der Waals surface area contributed by atoms with Gasteiger partial charge in [-0.2, -0.15) is 0 Å². The van der Waals surface area contributed by atoms with E-state index in [-0.39, 0.29) is 46.7 Å². The maximum absolute atomic E-state index is 12.3. The van der Waals surface area contributed by atoms with E-state index in [1.54, 1.807) is 0 Å². The Morgan fingerprint density at radius 2 is 1.37 bits per heavy atom. The maximum atomic E-state index is 12.3. The number of nitrogens with one attached hydrogen (secondary N) is 2. The van der Waals surface area contributed by atoms with Gasteiger partial charge in [-0.3, -0.25) is 14.8 Å². The number of nitro benzene ring substituents is 1. The van der Waals surface area contributed by atoms with Crippen LogP contribution in [-0.2, 0) is 20.0 Å². The Morgan fingerprint density at radius 1 is 0.889 bits per heavy atom. The van der Waals surface area contributed by atoms with Gasteiger partial charge in [0.1, 0.15) is 0 Å². The minimum Gasteiger partial charge on any atom is -0.329 e. The summed E-state index contributed by atoms with van der Waals surface area (Å²) in [5.41, 5.74) is 5.15. The summed E-state index contributed by atoms with van der Waals surface area (Å²) in [7, 11) is -7.69. The fraction of sp³-hybridized carbons (Fsp3) is 0.143. The van der Waals surface area contributed by atoms with E-state index in [1.165, 1.54) is 24.3 Å². The lowest BCUT2D eigenvalue weighted by molar-refractivity contribution is -0.384. The second kappa shape index (κ2) is 9.10. The van der Waals surface area contributed by atoms with Gasteiger partial charge in [0, 0.05) is 30.9 Å². The Hall–Kier alpha value is -2.25. The van der Waals surface area contributed by atoms with Gasteiger partial charge in [-0.05, 0) is 36.4 Å². The average Bonchev–Trinajstić information content (AvgIpc) is 2.60. The van der Waals surface area contributed by atoms with Gasteiger partial charge in [0.25, 0.3) is 15.7 Å². The van der Waals surface area contributed by atoms with Crippen molar-refractivity contribution in [2.75, 3.05) is 17.8 Å². The predicted molar refractivity (Wildman–Crippen MR) is 102 cm³/mol. The van der Waals surface area contributed by atoms with Crippen LogP contribution in [0.1, 0.15) is 0 Å². The van der Waals surface area contributed by atoms with Crippen molar-refractivity contribution in [1.29, 1.82) is 0 Å². The van der Waals surface area contributed by atoms with Crippen LogP contribution in [0, 0.1) is 10.1 Å². The Labute approximate surface area is 162 Å². The molecule has 13 heteroatoms. The molecule has 0 aliphatic carbocycles. The smallest absolute Gasteiger partial charge is 0.269 e. The fourth-order valence-corrected chi connectivity index (χ4v) is 4.05. The van der Waals surface area contributed by atoms with E-state index >= 15 is 0 Å². The van der Waals surface area contributed by atoms with Crippen molar-refractivity contribution in [2.24, 2.45) is 5.73 Å². The van der Waals surface area contributed by atoms with Crippen molar-refractivity contribution >= 4 is 43.8 Å². The molecule has 0 bridgehead atoms. The first-order valence-electron chi connectivity index (χ1n) is 7.23. The predicted octanol–water partition coefficient (Wildman–Crippen LogP) is 1.05. The van der Waals surface area contributed by atoms with Gasteiger partial charge in [-0.25, -0.2) is 21.6 Å². The number of hydrogen-bond acceptors (Lipinski definition) is 7. The molecule has 2 aromatic carbocycles. The van der Waals surface area contributed by atoms with Gasteiger partial charge in [0.15, 0.2) is 0 Å². The number of benzene rings is 2. The number of non-ortho nitro benzene ring substituents is 1. The highest BCUT2D eigenvalue weighted by atomic mass is 35.5. The van der Waals surface area contributed by atoms with Crippen molar-refractivity contribution < 1.29 is 21.8 Å². The van der Waals surface area contributed by atoms with Crippen LogP contribution in [0.25, 0.3) is 0 Å². The van der Waals surface area contributed by atoms with E-state index in [1.807, 2.05) is 0 Å². The van der Waals surface area contributed by atoms with Crippen LogP contribution < -0.4 is 15.2 Å². The third-order valence-electron chi connectivity index (χ3n) is 3.21. The van der Waals surface area contributed by atoms with Crippen LogP contribution in [0.4, 0.5) is 11.4 Å². The van der Waals surface area contributed by atoms with Gasteiger partial charge in [0.05, 0.1) is 14.7 Å². The van der Waals surface area contributed by atoms with Gasteiger partial charge < -0.3 is 5.73 Å². The molecule has 0 aliphatic rings. The SMILES string of the molecule is Cl.NCCNS(=O)(=O)c1ccc(NS(=O)(=O)c2ccc([N+](=O)[O-])cc2)cc1. The Bertz CT molecular complexity index is 993. The number of rotatable bonds is 8. The molecule has 0 fully saturated rings. The number of nitro groups is 1. The Morgan fingerprint density at radius 3 is 1.85 bits per heavy atom. The topological polar surface area (TPSA) is 162 Å². The van der Waals surface area contributed by atoms with E-state index in [4.69, 9.17) is 5.73 Å². The molecule has 0 unspecified atom stereocenters. The molecule has 148 valence electrons. The van der Waals surface area contributed by atoms with Crippen molar-refractivity contribution in [3.05, 3.63) is 58.6 Å². The molecule has 0 aliphatic heterocycles. The van der Waals surface area contributed by atoms with E-state index < -0.39 is 25.0 Å². The monoisotopic (exact) mass is 436 g/mol. The molecular weight excluding hydrogens is 420 g/mol. The molecule has 0 saturated carbocycles. The van der Waals surface area contributed by atoms with Gasteiger partial charge in [-0.15, -0.1) is 12.4 Å². The number of nitrogens with zero attached hydrogens (tertiary/aromatic N) is 1. The minimum atomic E-state index is -3.97. The quantitative estimate of drug-likeness (QED) is 0.411. The number of nitrogens with two attached hydrogens (primary N) is 1. The molecule has 2 rings (SSSR count). The lowest BCUT2D eigenvalue weighted by atomic mass is 10.3. The number of hydrogen-bond donors (Lipinski definition) is 3. The fourth-order valence-electron chi connectivity index (χ4n) is 1.94. The van der Waals surface area contributed by atoms with Crippen LogP contribution in [0.3, 0.4) is 0 Å². The van der Waals surface area contributed by atoms with E-state index in [0.29, 0.717) is 0 Å². The molecule has 0 aromatic heterocycles. The summed E-state index contributed by atoms with van der Waals surface area (Å²) >= 11 is 0. The van der Waals surface area contributed by atoms with Gasteiger partial charge in [-0.1, -0.05) is 0 Å². The molecule has 0 heterocycles. The summed E-state index contributed by atoms with van der Waals surface area (Å²) < 4.78 is 53.0. The molecule has 0 atom stereocenters. The third-order valence-corrected chi connectivity index (χ3v) is 6.09. The van der Waals surface area contributed by atoms with Crippen molar-refractivity contribution in [3.8, 4) is 0 Å². The zero-order valence-corrected chi connectivity index (χ0v) is 16.2. The molecular formula is C14H17ClN4O6S2. The van der Waals surface area contributed by atoms with Crippen molar-refractivity contribution in [3.63, 3.8) is 0 Å². The highest BCUT2D eigenvalue weighted by Crippen LogP contribution is 2.20. The summed E-state index contributed by atoms with van der Waals surface area (Å²) in [5, 5.41) is 10.6. The first kappa shape index (κ1) is 22.8. The minimum absolute atomic E-state index is 0. The number of anilines is 1. The summed E-state index contributed by atoms with van der Waals surface area (Å²) in [4.78, 5) is 9.77. The first-order valence-corrected chi connectivity index (χ1v) is 10.2. The molecule has 27 heavy (non-hydrogen) atoms. The average molecular weight is 437 g/mol. The summed E-state index contributed by atoms with van der Waals surface area (Å²) in [6.07, 6.45) is 0. The zero-order valence-electron chi connectivity index (χ0n) is 13.7. The maximum Gasteiger partial charge on any atom is 0.269 e. The zero-order chi connectivity index (χ0) is 19.4. The molecule has 10 nitrogen and oxygen atoms in total. The number of sulfonamides is 2. The van der Waals surface area contributed by atoms with Crippen LogP contribution in [0.15, 0.2) is 58.3 Å². The molecule has 0 radical (unpaired) electrons. The van der Waals surface area contributed by atoms with Crippen LogP contribution in [-0.4, -0.2) is 34.8 Å². The van der Waals surface area contributed by atoms with E-state index in [9.17, 15) is 26.9 Å².